The van der Waals surface area contributed by atoms with E-state index < -0.39 is 0 Å². The lowest BCUT2D eigenvalue weighted by atomic mass is 10.2. The minimum absolute atomic E-state index is 0.387. The summed E-state index contributed by atoms with van der Waals surface area (Å²) in [6.45, 7) is 17.6. The maximum atomic E-state index is 10.5. The third-order valence-corrected chi connectivity index (χ3v) is 1.85. The fraction of sp³-hybridized carbons (Fsp3) is 0.765. The monoisotopic (exact) mass is 315 g/mol. The average molecular weight is 316 g/mol. The van der Waals surface area contributed by atoms with Crippen LogP contribution in [0.5, 0.6) is 0 Å². The second-order valence-electron chi connectivity index (χ2n) is 5.01. The standard InChI is InChI=1S/C7H12N2.C6H13NO2.2C2H6/c1-3-4-7-8-5-6(2)9-7;1-6(2,3)9-5(8)7-4;2*1-2/h5H,3-4H2,1-2H3,(H,8,9);1-4H3,(H,7,8);2*1-2H3. The van der Waals surface area contributed by atoms with Crippen LogP contribution in [0.2, 0.25) is 0 Å². The first-order chi connectivity index (χ1) is 10.3. The highest BCUT2D eigenvalue weighted by atomic mass is 16.6. The maximum Gasteiger partial charge on any atom is 0.407 e. The molecule has 0 fully saturated rings. The summed E-state index contributed by atoms with van der Waals surface area (Å²) in [6.07, 6.45) is 3.70. The van der Waals surface area contributed by atoms with Gasteiger partial charge in [0.05, 0.1) is 0 Å². The molecule has 22 heavy (non-hydrogen) atoms. The van der Waals surface area contributed by atoms with Crippen LogP contribution in [0.25, 0.3) is 0 Å². The summed E-state index contributed by atoms with van der Waals surface area (Å²) in [6, 6.07) is 0. The second-order valence-corrected chi connectivity index (χ2v) is 5.01. The quantitative estimate of drug-likeness (QED) is 0.818. The Balaban J connectivity index is -0.000000267. The van der Waals surface area contributed by atoms with Gasteiger partial charge in [-0.25, -0.2) is 9.78 Å². The number of nitrogens with one attached hydrogen (secondary N) is 2. The SMILES string of the molecule is CC.CC.CCCc1ncc(C)[nH]1.CNC(=O)OC(C)(C)C. The van der Waals surface area contributed by atoms with E-state index in [-0.39, 0.29) is 11.7 Å². The molecule has 1 heterocycles. The lowest BCUT2D eigenvalue weighted by Gasteiger charge is -2.18. The number of nitrogens with zero attached hydrogens (tertiary/aromatic N) is 1. The molecule has 0 bridgehead atoms. The summed E-state index contributed by atoms with van der Waals surface area (Å²) in [7, 11) is 1.54. The van der Waals surface area contributed by atoms with Gasteiger partial charge < -0.3 is 15.0 Å². The van der Waals surface area contributed by atoms with Gasteiger partial charge in [-0.05, 0) is 34.1 Å². The van der Waals surface area contributed by atoms with Crippen molar-refractivity contribution in [2.75, 3.05) is 7.05 Å². The number of hydrogen-bond donors (Lipinski definition) is 2. The van der Waals surface area contributed by atoms with Gasteiger partial charge in [0.15, 0.2) is 0 Å². The molecule has 5 heteroatoms. The topological polar surface area (TPSA) is 67.0 Å². The largest absolute Gasteiger partial charge is 0.444 e. The summed E-state index contributed by atoms with van der Waals surface area (Å²) in [5.74, 6) is 1.11. The van der Waals surface area contributed by atoms with Crippen molar-refractivity contribution in [1.82, 2.24) is 15.3 Å². The molecule has 0 unspecified atom stereocenters. The first-order valence-corrected chi connectivity index (χ1v) is 8.19. The van der Waals surface area contributed by atoms with E-state index in [1.165, 1.54) is 7.05 Å². The predicted molar refractivity (Wildman–Crippen MR) is 95.3 cm³/mol. The Labute approximate surface area is 137 Å². The molecular formula is C17H37N3O2. The molecule has 0 aromatic carbocycles. The van der Waals surface area contributed by atoms with Gasteiger partial charge in [0.25, 0.3) is 0 Å². The number of rotatable bonds is 2. The second kappa shape index (κ2) is 15.9. The van der Waals surface area contributed by atoms with Gasteiger partial charge in [0.2, 0.25) is 0 Å². The molecule has 5 nitrogen and oxygen atoms in total. The molecule has 2 N–H and O–H groups in total. The summed E-state index contributed by atoms with van der Waals surface area (Å²) < 4.78 is 4.84. The van der Waals surface area contributed by atoms with Crippen LogP contribution in [-0.2, 0) is 11.2 Å². The summed E-state index contributed by atoms with van der Waals surface area (Å²) in [5, 5.41) is 2.36. The lowest BCUT2D eigenvalue weighted by Crippen LogP contribution is -2.30. The zero-order valence-electron chi connectivity index (χ0n) is 16.3. The Kier molecular flexibility index (Phi) is 18.3. The fourth-order valence-electron chi connectivity index (χ4n) is 1.16. The molecular weight excluding hydrogens is 278 g/mol. The van der Waals surface area contributed by atoms with Crippen LogP contribution in [0.15, 0.2) is 6.20 Å². The van der Waals surface area contributed by atoms with Crippen molar-refractivity contribution in [2.24, 2.45) is 0 Å². The van der Waals surface area contributed by atoms with E-state index in [4.69, 9.17) is 4.74 Å². The first-order valence-electron chi connectivity index (χ1n) is 8.19. The highest BCUT2D eigenvalue weighted by Gasteiger charge is 2.13. The summed E-state index contributed by atoms with van der Waals surface area (Å²) in [4.78, 5) is 17.8. The van der Waals surface area contributed by atoms with Crippen molar-refractivity contribution in [3.63, 3.8) is 0 Å². The van der Waals surface area contributed by atoms with Gasteiger partial charge in [0, 0.05) is 25.4 Å². The molecule has 0 aliphatic heterocycles. The van der Waals surface area contributed by atoms with E-state index in [0.717, 1.165) is 24.4 Å². The van der Waals surface area contributed by atoms with E-state index >= 15 is 0 Å². The van der Waals surface area contributed by atoms with Gasteiger partial charge >= 0.3 is 6.09 Å². The normalized spacial score (nSPS) is 9.00. The number of aromatic nitrogens is 2. The number of aromatic amines is 1. The number of hydrogen-bond acceptors (Lipinski definition) is 3. The lowest BCUT2D eigenvalue weighted by molar-refractivity contribution is 0.0541. The Morgan fingerprint density at radius 2 is 1.77 bits per heavy atom. The maximum absolute atomic E-state index is 10.5. The van der Waals surface area contributed by atoms with Crippen molar-refractivity contribution in [1.29, 1.82) is 0 Å². The Morgan fingerprint density at radius 1 is 1.27 bits per heavy atom. The molecule has 0 saturated carbocycles. The van der Waals surface area contributed by atoms with E-state index in [1.54, 1.807) is 0 Å². The van der Waals surface area contributed by atoms with Crippen molar-refractivity contribution in [3.8, 4) is 0 Å². The van der Waals surface area contributed by atoms with Gasteiger partial charge in [-0.15, -0.1) is 0 Å². The third-order valence-electron chi connectivity index (χ3n) is 1.85. The predicted octanol–water partition coefficient (Wildman–Crippen LogP) is 4.86. The molecule has 0 atom stereocenters. The molecule has 1 amide bonds. The zero-order valence-corrected chi connectivity index (χ0v) is 16.3. The highest BCUT2D eigenvalue weighted by Crippen LogP contribution is 2.05. The molecule has 132 valence electrons. The van der Waals surface area contributed by atoms with Crippen LogP contribution in [0.1, 0.15) is 73.3 Å². The molecule has 0 radical (unpaired) electrons. The van der Waals surface area contributed by atoms with Crippen LogP contribution in [0.3, 0.4) is 0 Å². The minimum atomic E-state index is -0.389. The number of amides is 1. The van der Waals surface area contributed by atoms with Crippen LogP contribution in [0, 0.1) is 6.92 Å². The van der Waals surface area contributed by atoms with Gasteiger partial charge in [-0.1, -0.05) is 34.6 Å². The number of imidazole rings is 1. The molecule has 0 aliphatic rings. The Morgan fingerprint density at radius 3 is 2.00 bits per heavy atom. The Bertz CT molecular complexity index is 355. The van der Waals surface area contributed by atoms with Gasteiger partial charge in [-0.3, -0.25) is 0 Å². The van der Waals surface area contributed by atoms with E-state index in [1.807, 2.05) is 61.6 Å². The number of carbonyl (C=O) groups is 1. The molecule has 1 aromatic heterocycles. The van der Waals surface area contributed by atoms with E-state index in [9.17, 15) is 4.79 Å². The minimum Gasteiger partial charge on any atom is -0.444 e. The van der Waals surface area contributed by atoms with Crippen molar-refractivity contribution < 1.29 is 9.53 Å². The van der Waals surface area contributed by atoms with E-state index in [2.05, 4.69) is 22.2 Å². The van der Waals surface area contributed by atoms with Crippen LogP contribution >= 0.6 is 0 Å². The molecule has 0 spiro atoms. The fourth-order valence-corrected chi connectivity index (χ4v) is 1.16. The number of aryl methyl sites for hydroxylation is 2. The van der Waals surface area contributed by atoms with Crippen molar-refractivity contribution >= 4 is 6.09 Å². The van der Waals surface area contributed by atoms with E-state index in [0.29, 0.717) is 0 Å². The van der Waals surface area contributed by atoms with Crippen molar-refractivity contribution in [2.45, 2.75) is 80.8 Å². The molecule has 0 saturated heterocycles. The Hall–Kier alpha value is -1.52. The highest BCUT2D eigenvalue weighted by molar-refractivity contribution is 5.67. The number of ether oxygens (including phenoxy) is 1. The van der Waals surface area contributed by atoms with Gasteiger partial charge in [-0.2, -0.15) is 0 Å². The number of alkyl carbamates (subject to hydrolysis) is 1. The van der Waals surface area contributed by atoms with Crippen LogP contribution < -0.4 is 5.32 Å². The first kappa shape index (κ1) is 25.4. The number of H-pyrrole nitrogens is 1. The van der Waals surface area contributed by atoms with Crippen molar-refractivity contribution in [3.05, 3.63) is 17.7 Å². The average Bonchev–Trinajstić information content (AvgIpc) is 2.88. The zero-order chi connectivity index (χ0) is 18.2. The smallest absolute Gasteiger partial charge is 0.407 e. The van der Waals surface area contributed by atoms with Gasteiger partial charge in [0.1, 0.15) is 11.4 Å². The van der Waals surface area contributed by atoms with Crippen LogP contribution in [0.4, 0.5) is 4.79 Å². The molecule has 1 rings (SSSR count). The summed E-state index contributed by atoms with van der Waals surface area (Å²) >= 11 is 0. The molecule has 0 aliphatic carbocycles. The van der Waals surface area contributed by atoms with Crippen LogP contribution in [-0.4, -0.2) is 28.7 Å². The molecule has 1 aromatic rings. The third kappa shape index (κ3) is 18.5. The summed E-state index contributed by atoms with van der Waals surface area (Å²) in [5.41, 5.74) is 0.763. The number of carbonyl (C=O) groups excluding carboxylic acids is 1.